The van der Waals surface area contributed by atoms with E-state index in [9.17, 15) is 9.59 Å². The summed E-state index contributed by atoms with van der Waals surface area (Å²) < 4.78 is 5.71. The van der Waals surface area contributed by atoms with Crippen LogP contribution in [0.2, 0.25) is 5.02 Å². The van der Waals surface area contributed by atoms with Crippen LogP contribution in [0.1, 0.15) is 32.6 Å². The molecule has 2 aromatic rings. The third kappa shape index (κ3) is 4.76. The van der Waals surface area contributed by atoms with Crippen molar-refractivity contribution < 1.29 is 14.3 Å². The van der Waals surface area contributed by atoms with Gasteiger partial charge in [0, 0.05) is 12.6 Å². The minimum atomic E-state index is -0.0998. The maximum absolute atomic E-state index is 11.6. The smallest absolute Gasteiger partial charge is 0.251 e. The van der Waals surface area contributed by atoms with E-state index in [4.69, 9.17) is 16.3 Å². The number of carbonyl (C=O) groups excluding carboxylic acids is 2. The number of nitrogens with one attached hydrogen (secondary N) is 2. The van der Waals surface area contributed by atoms with E-state index >= 15 is 0 Å². The molecular formula is C20H23ClN2O3. The molecule has 0 aromatic heterocycles. The first-order chi connectivity index (χ1) is 12.5. The van der Waals surface area contributed by atoms with Gasteiger partial charge in [-0.1, -0.05) is 29.8 Å². The molecule has 0 atom stereocenters. The number of carbonyl (C=O) groups is 2. The van der Waals surface area contributed by atoms with Gasteiger partial charge in [0.1, 0.15) is 12.4 Å². The topological polar surface area (TPSA) is 67.4 Å². The lowest BCUT2D eigenvalue weighted by atomic mass is 9.97. The van der Waals surface area contributed by atoms with Gasteiger partial charge in [0.15, 0.2) is 0 Å². The molecule has 0 saturated carbocycles. The Morgan fingerprint density at radius 1 is 1.23 bits per heavy atom. The van der Waals surface area contributed by atoms with Crippen LogP contribution in [0, 0.1) is 13.8 Å². The highest BCUT2D eigenvalue weighted by Gasteiger charge is 2.14. The highest BCUT2D eigenvalue weighted by atomic mass is 35.5. The van der Waals surface area contributed by atoms with Crippen LogP contribution in [-0.2, 0) is 11.2 Å². The second-order valence-corrected chi connectivity index (χ2v) is 6.37. The maximum atomic E-state index is 11.6. The summed E-state index contributed by atoms with van der Waals surface area (Å²) in [6.45, 7) is 4.70. The largest absolute Gasteiger partial charge is 0.490 e. The van der Waals surface area contributed by atoms with Crippen molar-refractivity contribution in [1.29, 1.82) is 0 Å². The fraction of sp³-hybridized carbons (Fsp3) is 0.300. The van der Waals surface area contributed by atoms with Crippen LogP contribution in [0.4, 0.5) is 0 Å². The lowest BCUT2D eigenvalue weighted by Gasteiger charge is -2.16. The minimum absolute atomic E-state index is 0.0998. The van der Waals surface area contributed by atoms with Gasteiger partial charge in [-0.15, -0.1) is 0 Å². The molecule has 0 spiro atoms. The lowest BCUT2D eigenvalue weighted by molar-refractivity contribution is -0.109. The monoisotopic (exact) mass is 374 g/mol. The Kier molecular flexibility index (Phi) is 7.04. The normalized spacial score (nSPS) is 10.3. The lowest BCUT2D eigenvalue weighted by Crippen LogP contribution is -2.19. The van der Waals surface area contributed by atoms with Gasteiger partial charge in [-0.2, -0.15) is 0 Å². The molecule has 0 heterocycles. The van der Waals surface area contributed by atoms with Crippen molar-refractivity contribution in [3.05, 3.63) is 63.2 Å². The zero-order valence-electron chi connectivity index (χ0n) is 15.2. The summed E-state index contributed by atoms with van der Waals surface area (Å²) in [6.07, 6.45) is 1.36. The van der Waals surface area contributed by atoms with E-state index in [1.165, 1.54) is 0 Å². The number of amides is 2. The third-order valence-electron chi connectivity index (χ3n) is 4.17. The first-order valence-electron chi connectivity index (χ1n) is 8.37. The van der Waals surface area contributed by atoms with Crippen molar-refractivity contribution in [2.75, 3.05) is 20.2 Å². The number of hydrogen-bond donors (Lipinski definition) is 2. The molecule has 0 aliphatic rings. The van der Waals surface area contributed by atoms with Crippen LogP contribution in [0.3, 0.4) is 0 Å². The quantitative estimate of drug-likeness (QED) is 0.551. The molecule has 0 aliphatic carbocycles. The second-order valence-electron chi connectivity index (χ2n) is 5.99. The Morgan fingerprint density at radius 3 is 2.54 bits per heavy atom. The van der Waals surface area contributed by atoms with Gasteiger partial charge in [0.2, 0.25) is 6.41 Å². The Bertz CT molecular complexity index is 789. The van der Waals surface area contributed by atoms with E-state index < -0.39 is 0 Å². The van der Waals surface area contributed by atoms with Crippen molar-refractivity contribution in [1.82, 2.24) is 10.6 Å². The Balaban J connectivity index is 2.17. The van der Waals surface area contributed by atoms with Crippen molar-refractivity contribution in [2.24, 2.45) is 0 Å². The zero-order chi connectivity index (χ0) is 19.1. The summed E-state index contributed by atoms with van der Waals surface area (Å²) in [7, 11) is 1.61. The van der Waals surface area contributed by atoms with Crippen LogP contribution >= 0.6 is 11.6 Å². The number of ether oxygens (including phenoxy) is 1. The summed E-state index contributed by atoms with van der Waals surface area (Å²) in [5.74, 6) is 0.549. The van der Waals surface area contributed by atoms with Gasteiger partial charge in [0.05, 0.1) is 11.6 Å². The molecule has 2 amide bonds. The van der Waals surface area contributed by atoms with Crippen LogP contribution in [0.5, 0.6) is 5.75 Å². The molecule has 2 N–H and O–H groups in total. The molecule has 5 nitrogen and oxygen atoms in total. The number of aryl methyl sites for hydroxylation is 1. The van der Waals surface area contributed by atoms with Crippen LogP contribution in [0.15, 0.2) is 30.3 Å². The van der Waals surface area contributed by atoms with Crippen LogP contribution in [-0.4, -0.2) is 32.5 Å². The van der Waals surface area contributed by atoms with E-state index in [2.05, 4.69) is 16.7 Å². The summed E-state index contributed by atoms with van der Waals surface area (Å²) in [5.41, 5.74) is 4.75. The highest BCUT2D eigenvalue weighted by molar-refractivity contribution is 6.33. The van der Waals surface area contributed by atoms with Gasteiger partial charge in [-0.05, 0) is 54.7 Å². The predicted molar refractivity (Wildman–Crippen MR) is 103 cm³/mol. The summed E-state index contributed by atoms with van der Waals surface area (Å²) in [6, 6.07) is 9.59. The average Bonchev–Trinajstić information content (AvgIpc) is 2.65. The molecule has 0 radical (unpaired) electrons. The Morgan fingerprint density at radius 2 is 1.92 bits per heavy atom. The standard InChI is InChI=1S/C20H23ClN2O3/c1-13-10-17(11-15-4-6-16(7-5-15)20(25)22-3)14(2)18(21)19(13)26-9-8-23-12-24/h4-7,10,12H,8-9,11H2,1-3H3,(H,22,25)(H,23,24). The van der Waals surface area contributed by atoms with Crippen LogP contribution < -0.4 is 15.4 Å². The molecule has 0 unspecified atom stereocenters. The summed E-state index contributed by atoms with van der Waals surface area (Å²) in [5, 5.41) is 5.76. The predicted octanol–water partition coefficient (Wildman–Crippen LogP) is 3.03. The fourth-order valence-corrected chi connectivity index (χ4v) is 3.01. The van der Waals surface area contributed by atoms with Gasteiger partial charge < -0.3 is 15.4 Å². The van der Waals surface area contributed by atoms with E-state index in [-0.39, 0.29) is 5.91 Å². The van der Waals surface area contributed by atoms with Gasteiger partial charge >= 0.3 is 0 Å². The Hall–Kier alpha value is -2.53. The van der Waals surface area contributed by atoms with E-state index in [0.717, 1.165) is 22.3 Å². The van der Waals surface area contributed by atoms with E-state index in [1.807, 2.05) is 38.1 Å². The van der Waals surface area contributed by atoms with Gasteiger partial charge in [-0.25, -0.2) is 0 Å². The molecular weight excluding hydrogens is 352 g/mol. The molecule has 0 aliphatic heterocycles. The second kappa shape index (κ2) is 9.25. The molecule has 2 rings (SSSR count). The summed E-state index contributed by atoms with van der Waals surface area (Å²) >= 11 is 6.50. The highest BCUT2D eigenvalue weighted by Crippen LogP contribution is 2.34. The molecule has 138 valence electrons. The van der Waals surface area contributed by atoms with E-state index in [1.54, 1.807) is 7.05 Å². The van der Waals surface area contributed by atoms with Gasteiger partial charge in [-0.3, -0.25) is 9.59 Å². The molecule has 0 bridgehead atoms. The third-order valence-corrected chi connectivity index (χ3v) is 4.63. The number of hydrogen-bond acceptors (Lipinski definition) is 3. The molecule has 0 fully saturated rings. The van der Waals surface area contributed by atoms with Crippen molar-refractivity contribution in [3.8, 4) is 5.75 Å². The molecule has 2 aromatic carbocycles. The van der Waals surface area contributed by atoms with Crippen molar-refractivity contribution >= 4 is 23.9 Å². The maximum Gasteiger partial charge on any atom is 0.251 e. The number of benzene rings is 2. The number of halogens is 1. The van der Waals surface area contributed by atoms with Crippen molar-refractivity contribution in [3.63, 3.8) is 0 Å². The average molecular weight is 375 g/mol. The molecule has 6 heteroatoms. The number of rotatable bonds is 8. The Labute approximate surface area is 158 Å². The first-order valence-corrected chi connectivity index (χ1v) is 8.75. The zero-order valence-corrected chi connectivity index (χ0v) is 15.9. The van der Waals surface area contributed by atoms with Gasteiger partial charge in [0.25, 0.3) is 5.91 Å². The van der Waals surface area contributed by atoms with Crippen molar-refractivity contribution in [2.45, 2.75) is 20.3 Å². The summed E-state index contributed by atoms with van der Waals surface area (Å²) in [4.78, 5) is 21.9. The van der Waals surface area contributed by atoms with Crippen LogP contribution in [0.25, 0.3) is 0 Å². The minimum Gasteiger partial charge on any atom is -0.490 e. The van der Waals surface area contributed by atoms with E-state index in [0.29, 0.717) is 42.3 Å². The fourth-order valence-electron chi connectivity index (χ4n) is 2.69. The SMILES string of the molecule is CNC(=O)c1ccc(Cc2cc(C)c(OCCNC=O)c(Cl)c2C)cc1. The first kappa shape index (κ1) is 19.8. The molecule has 0 saturated heterocycles. The molecule has 26 heavy (non-hydrogen) atoms.